The first-order chi connectivity index (χ1) is 8.62. The summed E-state index contributed by atoms with van der Waals surface area (Å²) in [6, 6.07) is 5.98. The molecule has 0 aliphatic carbocycles. The van der Waals surface area contributed by atoms with Gasteiger partial charge in [-0.15, -0.1) is 0 Å². The Morgan fingerprint density at radius 2 is 2.05 bits per heavy atom. The zero-order valence-electron chi connectivity index (χ0n) is 11.2. The fraction of sp³-hybridized carbons (Fsp3) is 0.500. The van der Waals surface area contributed by atoms with Gasteiger partial charge in [0.2, 0.25) is 10.0 Å². The van der Waals surface area contributed by atoms with Crippen molar-refractivity contribution in [3.8, 4) is 0 Å². The molecule has 0 heterocycles. The highest BCUT2D eigenvalue weighted by atomic mass is 35.5. The molecule has 0 amide bonds. The molecule has 1 aromatic carbocycles. The van der Waals surface area contributed by atoms with Gasteiger partial charge in [-0.3, -0.25) is 0 Å². The Kier molecular flexibility index (Phi) is 5.34. The molecular weight excluding hydrogens is 288 g/mol. The zero-order chi connectivity index (χ0) is 14.7. The Morgan fingerprint density at radius 1 is 1.42 bits per heavy atom. The van der Waals surface area contributed by atoms with Crippen LogP contribution in [-0.2, 0) is 10.0 Å². The monoisotopic (exact) mass is 306 g/mol. The van der Waals surface area contributed by atoms with Crippen molar-refractivity contribution in [2.24, 2.45) is 0 Å². The molecule has 5 nitrogen and oxygen atoms in total. The van der Waals surface area contributed by atoms with Crippen molar-refractivity contribution in [2.75, 3.05) is 27.2 Å². The molecule has 0 radical (unpaired) electrons. The van der Waals surface area contributed by atoms with E-state index in [2.05, 4.69) is 4.72 Å². The minimum Gasteiger partial charge on any atom is -0.387 e. The molecule has 2 N–H and O–H groups in total. The van der Waals surface area contributed by atoms with E-state index in [-0.39, 0.29) is 11.4 Å². The van der Waals surface area contributed by atoms with Crippen molar-refractivity contribution in [2.45, 2.75) is 17.4 Å². The van der Waals surface area contributed by atoms with Crippen LogP contribution in [0.5, 0.6) is 0 Å². The molecule has 108 valence electrons. The molecule has 0 aromatic heterocycles. The Balaban J connectivity index is 2.76. The highest BCUT2D eigenvalue weighted by Gasteiger charge is 2.24. The first-order valence-electron chi connectivity index (χ1n) is 5.75. The third-order valence-corrected chi connectivity index (χ3v) is 4.04. The quantitative estimate of drug-likeness (QED) is 0.820. The molecule has 1 rings (SSSR count). The summed E-state index contributed by atoms with van der Waals surface area (Å²) >= 11 is 5.76. The number of benzene rings is 1. The standard InChI is InChI=1S/C12H19ClN2O3S/c1-12(16,9-15(2)3)8-14-19(17,18)11-6-4-5-10(13)7-11/h4-7,14,16H,8-9H2,1-3H3. The Labute approximate surface area is 119 Å². The first-order valence-corrected chi connectivity index (χ1v) is 7.61. The highest BCUT2D eigenvalue weighted by molar-refractivity contribution is 7.89. The number of hydrogen-bond donors (Lipinski definition) is 2. The van der Waals surface area contributed by atoms with Gasteiger partial charge in [0, 0.05) is 18.1 Å². The predicted octanol–water partition coefficient (Wildman–Crippen LogP) is 0.931. The number of halogens is 1. The van der Waals surface area contributed by atoms with E-state index in [1.807, 2.05) is 0 Å². The van der Waals surface area contributed by atoms with E-state index in [0.717, 1.165) is 0 Å². The van der Waals surface area contributed by atoms with Gasteiger partial charge in [0.15, 0.2) is 0 Å². The second-order valence-corrected chi connectivity index (χ2v) is 7.22. The summed E-state index contributed by atoms with van der Waals surface area (Å²) in [6.07, 6.45) is 0. The number of nitrogens with one attached hydrogen (secondary N) is 1. The van der Waals surface area contributed by atoms with Crippen molar-refractivity contribution in [3.63, 3.8) is 0 Å². The largest absolute Gasteiger partial charge is 0.387 e. The SMILES string of the molecule is CN(C)CC(C)(O)CNS(=O)(=O)c1cccc(Cl)c1. The number of aliphatic hydroxyl groups is 1. The molecule has 0 saturated heterocycles. The lowest BCUT2D eigenvalue weighted by Gasteiger charge is -2.27. The molecule has 0 aliphatic heterocycles. The Hall–Kier alpha value is -0.660. The van der Waals surface area contributed by atoms with Gasteiger partial charge in [0.1, 0.15) is 0 Å². The van der Waals surface area contributed by atoms with Crippen LogP contribution in [0.15, 0.2) is 29.2 Å². The third kappa shape index (κ3) is 5.46. The van der Waals surface area contributed by atoms with Gasteiger partial charge in [-0.2, -0.15) is 0 Å². The minimum atomic E-state index is -3.66. The molecular formula is C12H19ClN2O3S. The van der Waals surface area contributed by atoms with E-state index < -0.39 is 15.6 Å². The summed E-state index contributed by atoms with van der Waals surface area (Å²) in [5, 5.41) is 10.4. The lowest BCUT2D eigenvalue weighted by molar-refractivity contribution is 0.0386. The van der Waals surface area contributed by atoms with Gasteiger partial charge in [-0.25, -0.2) is 13.1 Å². The van der Waals surface area contributed by atoms with Crippen molar-refractivity contribution in [3.05, 3.63) is 29.3 Å². The van der Waals surface area contributed by atoms with Gasteiger partial charge in [0.05, 0.1) is 10.5 Å². The van der Waals surface area contributed by atoms with Crippen LogP contribution in [0.4, 0.5) is 0 Å². The van der Waals surface area contributed by atoms with Crippen molar-refractivity contribution in [1.82, 2.24) is 9.62 Å². The first kappa shape index (κ1) is 16.4. The van der Waals surface area contributed by atoms with E-state index in [9.17, 15) is 13.5 Å². The lowest BCUT2D eigenvalue weighted by Crippen LogP contribution is -2.47. The molecule has 0 saturated carbocycles. The molecule has 1 unspecified atom stereocenters. The van der Waals surface area contributed by atoms with Crippen molar-refractivity contribution >= 4 is 21.6 Å². The van der Waals surface area contributed by atoms with Crippen LogP contribution < -0.4 is 4.72 Å². The van der Waals surface area contributed by atoms with E-state index in [1.54, 1.807) is 38.1 Å². The summed E-state index contributed by atoms with van der Waals surface area (Å²) in [7, 11) is -0.0537. The van der Waals surface area contributed by atoms with Crippen LogP contribution >= 0.6 is 11.6 Å². The lowest BCUT2D eigenvalue weighted by atomic mass is 10.1. The Bertz CT molecular complexity index is 530. The third-order valence-electron chi connectivity index (χ3n) is 2.41. The van der Waals surface area contributed by atoms with Crippen LogP contribution in [-0.4, -0.2) is 51.2 Å². The maximum Gasteiger partial charge on any atom is 0.240 e. The van der Waals surface area contributed by atoms with E-state index in [4.69, 9.17) is 11.6 Å². The van der Waals surface area contributed by atoms with E-state index >= 15 is 0 Å². The van der Waals surface area contributed by atoms with Gasteiger partial charge >= 0.3 is 0 Å². The highest BCUT2D eigenvalue weighted by Crippen LogP contribution is 2.15. The molecule has 19 heavy (non-hydrogen) atoms. The van der Waals surface area contributed by atoms with Crippen LogP contribution in [0.3, 0.4) is 0 Å². The molecule has 0 spiro atoms. The average molecular weight is 307 g/mol. The summed E-state index contributed by atoms with van der Waals surface area (Å²) in [5.41, 5.74) is -1.14. The van der Waals surface area contributed by atoms with E-state index in [0.29, 0.717) is 11.6 Å². The second kappa shape index (κ2) is 6.19. The molecule has 0 aliphatic rings. The Morgan fingerprint density at radius 3 is 2.58 bits per heavy atom. The molecule has 7 heteroatoms. The van der Waals surface area contributed by atoms with Crippen molar-refractivity contribution in [1.29, 1.82) is 0 Å². The maximum absolute atomic E-state index is 12.0. The van der Waals surface area contributed by atoms with Gasteiger partial charge in [0.25, 0.3) is 0 Å². The average Bonchev–Trinajstić information content (AvgIpc) is 2.25. The van der Waals surface area contributed by atoms with Gasteiger partial charge in [-0.05, 0) is 39.2 Å². The number of rotatable bonds is 6. The van der Waals surface area contributed by atoms with E-state index in [1.165, 1.54) is 12.1 Å². The van der Waals surface area contributed by atoms with Crippen molar-refractivity contribution < 1.29 is 13.5 Å². The minimum absolute atomic E-state index is 0.0694. The van der Waals surface area contributed by atoms with Gasteiger partial charge < -0.3 is 10.0 Å². The predicted molar refractivity (Wildman–Crippen MR) is 75.8 cm³/mol. The normalized spacial score (nSPS) is 15.5. The molecule has 1 aromatic rings. The molecule has 1 atom stereocenters. The zero-order valence-corrected chi connectivity index (χ0v) is 12.8. The summed E-state index contributed by atoms with van der Waals surface area (Å²) in [5.74, 6) is 0. The maximum atomic E-state index is 12.0. The fourth-order valence-electron chi connectivity index (χ4n) is 1.71. The smallest absolute Gasteiger partial charge is 0.240 e. The number of likely N-dealkylation sites (N-methyl/N-ethyl adjacent to an activating group) is 1. The van der Waals surface area contributed by atoms with Crippen LogP contribution in [0.1, 0.15) is 6.92 Å². The second-order valence-electron chi connectivity index (χ2n) is 5.02. The molecule has 0 bridgehead atoms. The fourth-order valence-corrected chi connectivity index (χ4v) is 3.17. The number of nitrogens with zero attached hydrogens (tertiary/aromatic N) is 1. The van der Waals surface area contributed by atoms with Crippen LogP contribution in [0.2, 0.25) is 5.02 Å². The molecule has 0 fully saturated rings. The summed E-state index contributed by atoms with van der Waals surface area (Å²) in [6.45, 7) is 1.86. The topological polar surface area (TPSA) is 69.6 Å². The summed E-state index contributed by atoms with van der Waals surface area (Å²) < 4.78 is 26.4. The number of sulfonamides is 1. The van der Waals surface area contributed by atoms with Gasteiger partial charge in [-0.1, -0.05) is 17.7 Å². The number of hydrogen-bond acceptors (Lipinski definition) is 4. The summed E-state index contributed by atoms with van der Waals surface area (Å²) in [4.78, 5) is 1.87. The van der Waals surface area contributed by atoms with Crippen LogP contribution in [0.25, 0.3) is 0 Å². The van der Waals surface area contributed by atoms with Crippen LogP contribution in [0, 0.1) is 0 Å².